The lowest BCUT2D eigenvalue weighted by Crippen LogP contribution is -2.52. The lowest BCUT2D eigenvalue weighted by Gasteiger charge is -2.33. The number of likely N-dealkylation sites (tertiary alicyclic amines) is 2. The third kappa shape index (κ3) is 1.98. The second-order valence-corrected chi connectivity index (χ2v) is 6.35. The molecule has 1 saturated carbocycles. The number of rotatable bonds is 3. The molecule has 0 aromatic carbocycles. The van der Waals surface area contributed by atoms with E-state index in [1.165, 1.54) is 4.90 Å². The van der Waals surface area contributed by atoms with E-state index < -0.39 is 11.5 Å². The number of carboxylic acid groups (broad SMARTS) is 1. The van der Waals surface area contributed by atoms with Crippen LogP contribution in [0.3, 0.4) is 0 Å². The molecule has 0 aromatic heterocycles. The van der Waals surface area contributed by atoms with E-state index in [1.54, 1.807) is 11.8 Å². The summed E-state index contributed by atoms with van der Waals surface area (Å²) in [6, 6.07) is 0.324. The van der Waals surface area contributed by atoms with Crippen LogP contribution in [0.5, 0.6) is 0 Å². The van der Waals surface area contributed by atoms with Crippen LogP contribution in [0.15, 0.2) is 0 Å². The second-order valence-electron chi connectivity index (χ2n) is 6.35. The Morgan fingerprint density at radius 3 is 2.65 bits per heavy atom. The van der Waals surface area contributed by atoms with E-state index in [4.69, 9.17) is 0 Å². The molecule has 1 N–H and O–H groups in total. The monoisotopic (exact) mass is 280 g/mol. The predicted octanol–water partition coefficient (Wildman–Crippen LogP) is 0.463. The SMILES string of the molecule is CC1(C(=O)O)CCCN1C(=O)C1CC(=O)N(C2CC2)C1. The van der Waals surface area contributed by atoms with E-state index in [0.717, 1.165) is 12.8 Å². The molecule has 2 unspecified atom stereocenters. The molecule has 3 fully saturated rings. The number of carbonyl (C=O) groups excluding carboxylic acids is 2. The topological polar surface area (TPSA) is 77.9 Å². The van der Waals surface area contributed by atoms with Crippen LogP contribution in [0.25, 0.3) is 0 Å². The Morgan fingerprint density at radius 1 is 1.35 bits per heavy atom. The van der Waals surface area contributed by atoms with Crippen LogP contribution in [-0.4, -0.2) is 57.4 Å². The van der Waals surface area contributed by atoms with E-state index in [9.17, 15) is 19.5 Å². The van der Waals surface area contributed by atoms with Crippen molar-refractivity contribution in [2.24, 2.45) is 5.92 Å². The molecule has 2 heterocycles. The van der Waals surface area contributed by atoms with Gasteiger partial charge in [-0.1, -0.05) is 0 Å². The number of aliphatic carboxylic acids is 1. The van der Waals surface area contributed by atoms with E-state index in [-0.39, 0.29) is 24.2 Å². The minimum absolute atomic E-state index is 0.0436. The first-order chi connectivity index (χ1) is 9.43. The zero-order valence-electron chi connectivity index (χ0n) is 11.7. The van der Waals surface area contributed by atoms with Crippen molar-refractivity contribution < 1.29 is 19.5 Å². The number of carboxylic acids is 1. The Morgan fingerprint density at radius 2 is 2.05 bits per heavy atom. The van der Waals surface area contributed by atoms with Crippen molar-refractivity contribution in [3.8, 4) is 0 Å². The molecule has 2 aliphatic heterocycles. The highest BCUT2D eigenvalue weighted by Gasteiger charge is 2.50. The molecule has 2 atom stereocenters. The van der Waals surface area contributed by atoms with Gasteiger partial charge >= 0.3 is 5.97 Å². The van der Waals surface area contributed by atoms with Crippen molar-refractivity contribution in [2.45, 2.75) is 50.6 Å². The molecule has 6 heteroatoms. The lowest BCUT2D eigenvalue weighted by atomic mass is 9.97. The molecule has 20 heavy (non-hydrogen) atoms. The fourth-order valence-corrected chi connectivity index (χ4v) is 3.40. The van der Waals surface area contributed by atoms with Crippen molar-refractivity contribution in [1.29, 1.82) is 0 Å². The zero-order valence-corrected chi connectivity index (χ0v) is 11.7. The van der Waals surface area contributed by atoms with Gasteiger partial charge in [0.2, 0.25) is 11.8 Å². The Balaban J connectivity index is 1.73. The van der Waals surface area contributed by atoms with Crippen molar-refractivity contribution in [2.75, 3.05) is 13.1 Å². The standard InChI is InChI=1S/C14H20N2O4/c1-14(13(19)20)5-2-6-16(14)12(18)9-7-11(17)15(8-9)10-3-4-10/h9-10H,2-8H2,1H3,(H,19,20). The maximum Gasteiger partial charge on any atom is 0.329 e. The van der Waals surface area contributed by atoms with Crippen molar-refractivity contribution >= 4 is 17.8 Å². The average Bonchev–Trinajstić information content (AvgIpc) is 3.05. The molecule has 3 rings (SSSR count). The summed E-state index contributed by atoms with van der Waals surface area (Å²) in [6.07, 6.45) is 3.50. The summed E-state index contributed by atoms with van der Waals surface area (Å²) in [5.41, 5.74) is -1.10. The van der Waals surface area contributed by atoms with E-state index >= 15 is 0 Å². The van der Waals surface area contributed by atoms with E-state index in [1.807, 2.05) is 0 Å². The molecule has 2 amide bonds. The van der Waals surface area contributed by atoms with Gasteiger partial charge in [0.15, 0.2) is 0 Å². The van der Waals surface area contributed by atoms with E-state index in [2.05, 4.69) is 0 Å². The summed E-state index contributed by atoms with van der Waals surface area (Å²) < 4.78 is 0. The molecule has 2 saturated heterocycles. The van der Waals surface area contributed by atoms with Crippen LogP contribution < -0.4 is 0 Å². The van der Waals surface area contributed by atoms with Gasteiger partial charge in [-0.15, -0.1) is 0 Å². The fourth-order valence-electron chi connectivity index (χ4n) is 3.40. The summed E-state index contributed by atoms with van der Waals surface area (Å²) >= 11 is 0. The molecule has 0 bridgehead atoms. The predicted molar refractivity (Wildman–Crippen MR) is 69.8 cm³/mol. The van der Waals surface area contributed by atoms with Gasteiger partial charge in [-0.3, -0.25) is 9.59 Å². The zero-order chi connectivity index (χ0) is 14.5. The summed E-state index contributed by atoms with van der Waals surface area (Å²) in [5, 5.41) is 9.37. The van der Waals surface area contributed by atoms with Crippen molar-refractivity contribution in [3.05, 3.63) is 0 Å². The molecule has 0 aromatic rings. The number of nitrogens with zero attached hydrogens (tertiary/aromatic N) is 2. The van der Waals surface area contributed by atoms with Crippen LogP contribution in [0.1, 0.15) is 39.0 Å². The highest BCUT2D eigenvalue weighted by atomic mass is 16.4. The smallest absolute Gasteiger partial charge is 0.329 e. The normalized spacial score (nSPS) is 33.9. The number of amides is 2. The summed E-state index contributed by atoms with van der Waals surface area (Å²) in [6.45, 7) is 2.56. The number of hydrogen-bond donors (Lipinski definition) is 1. The molecular weight excluding hydrogens is 260 g/mol. The van der Waals surface area contributed by atoms with Gasteiger partial charge in [-0.25, -0.2) is 4.79 Å². The van der Waals surface area contributed by atoms with Crippen molar-refractivity contribution in [3.63, 3.8) is 0 Å². The minimum Gasteiger partial charge on any atom is -0.480 e. The highest BCUT2D eigenvalue weighted by Crippen LogP contribution is 2.36. The molecule has 3 aliphatic rings. The largest absolute Gasteiger partial charge is 0.480 e. The molecule has 0 spiro atoms. The van der Waals surface area contributed by atoms with Gasteiger partial charge in [0, 0.05) is 25.6 Å². The maximum absolute atomic E-state index is 12.6. The molecule has 110 valence electrons. The first kappa shape index (κ1) is 13.4. The Bertz CT molecular complexity index is 474. The van der Waals surface area contributed by atoms with Crippen LogP contribution >= 0.6 is 0 Å². The Hall–Kier alpha value is -1.59. The summed E-state index contributed by atoms with van der Waals surface area (Å²) in [7, 11) is 0. The van der Waals surface area contributed by atoms with E-state index in [0.29, 0.717) is 32.0 Å². The molecular formula is C14H20N2O4. The Kier molecular flexibility index (Phi) is 2.99. The van der Waals surface area contributed by atoms with Gasteiger partial charge in [-0.2, -0.15) is 0 Å². The maximum atomic E-state index is 12.6. The van der Waals surface area contributed by atoms with Gasteiger partial charge < -0.3 is 14.9 Å². The van der Waals surface area contributed by atoms with Gasteiger partial charge in [0.25, 0.3) is 0 Å². The van der Waals surface area contributed by atoms with Crippen LogP contribution in [0.4, 0.5) is 0 Å². The summed E-state index contributed by atoms with van der Waals surface area (Å²) in [4.78, 5) is 39.2. The molecule has 6 nitrogen and oxygen atoms in total. The van der Waals surface area contributed by atoms with Crippen molar-refractivity contribution in [1.82, 2.24) is 9.80 Å². The Labute approximate surface area is 117 Å². The molecule has 0 radical (unpaired) electrons. The first-order valence-electron chi connectivity index (χ1n) is 7.28. The highest BCUT2D eigenvalue weighted by molar-refractivity contribution is 5.93. The minimum atomic E-state index is -1.10. The number of hydrogen-bond acceptors (Lipinski definition) is 3. The van der Waals surface area contributed by atoms with Gasteiger partial charge in [0.1, 0.15) is 5.54 Å². The second kappa shape index (κ2) is 4.46. The van der Waals surface area contributed by atoms with Gasteiger partial charge in [0.05, 0.1) is 5.92 Å². The lowest BCUT2D eigenvalue weighted by molar-refractivity contribution is -0.156. The summed E-state index contributed by atoms with van der Waals surface area (Å²) in [5.74, 6) is -1.43. The van der Waals surface area contributed by atoms with Gasteiger partial charge in [-0.05, 0) is 32.6 Å². The van der Waals surface area contributed by atoms with Crippen LogP contribution in [-0.2, 0) is 14.4 Å². The first-order valence-corrected chi connectivity index (χ1v) is 7.28. The molecule has 1 aliphatic carbocycles. The fraction of sp³-hybridized carbons (Fsp3) is 0.786. The third-order valence-corrected chi connectivity index (χ3v) is 4.86. The number of carbonyl (C=O) groups is 3. The third-order valence-electron chi connectivity index (χ3n) is 4.86. The average molecular weight is 280 g/mol. The van der Waals surface area contributed by atoms with Crippen LogP contribution in [0, 0.1) is 5.92 Å². The quantitative estimate of drug-likeness (QED) is 0.815. The van der Waals surface area contributed by atoms with Crippen LogP contribution in [0.2, 0.25) is 0 Å².